The molecule has 1 aliphatic carbocycles. The standard InChI is InChI=1S/C17H27N5O2/c1-17(2,3)22-14-13(11-19-22)15(23)21-16(20-14)18-9-6-10-24-12-7-4-5-8-12/h11-12H,4-10H2,1-3H3,(H2,18,20,21,23). The van der Waals surface area contributed by atoms with E-state index >= 15 is 0 Å². The molecule has 3 rings (SSSR count). The first kappa shape index (κ1) is 17.0. The van der Waals surface area contributed by atoms with Gasteiger partial charge >= 0.3 is 0 Å². The summed E-state index contributed by atoms with van der Waals surface area (Å²) >= 11 is 0. The SMILES string of the molecule is CC(C)(C)n1ncc2c(=O)[nH]c(NCCCOC3CCCC3)nc21. The van der Waals surface area contributed by atoms with Crippen LogP contribution in [0, 0.1) is 0 Å². The lowest BCUT2D eigenvalue weighted by molar-refractivity contribution is 0.0583. The molecular weight excluding hydrogens is 306 g/mol. The molecule has 0 saturated heterocycles. The van der Waals surface area contributed by atoms with Crippen molar-refractivity contribution in [1.29, 1.82) is 0 Å². The van der Waals surface area contributed by atoms with E-state index in [1.807, 2.05) is 20.8 Å². The molecule has 0 radical (unpaired) electrons. The van der Waals surface area contributed by atoms with Crippen LogP contribution in [0.1, 0.15) is 52.9 Å². The molecule has 1 fully saturated rings. The summed E-state index contributed by atoms with van der Waals surface area (Å²) in [5, 5.41) is 8.01. The first-order valence-corrected chi connectivity index (χ1v) is 8.79. The van der Waals surface area contributed by atoms with Crippen LogP contribution in [-0.4, -0.2) is 39.0 Å². The zero-order valence-corrected chi connectivity index (χ0v) is 14.8. The number of nitrogens with one attached hydrogen (secondary N) is 2. The van der Waals surface area contributed by atoms with Gasteiger partial charge in [0.05, 0.1) is 17.8 Å². The molecule has 0 aromatic carbocycles. The topological polar surface area (TPSA) is 84.8 Å². The molecule has 0 atom stereocenters. The van der Waals surface area contributed by atoms with Crippen LogP contribution in [0.5, 0.6) is 0 Å². The number of nitrogens with zero attached hydrogens (tertiary/aromatic N) is 3. The number of H-pyrrole nitrogens is 1. The predicted octanol–water partition coefficient (Wildman–Crippen LogP) is 2.64. The molecule has 2 heterocycles. The third-order valence-corrected chi connectivity index (χ3v) is 4.34. The van der Waals surface area contributed by atoms with Crippen LogP contribution in [-0.2, 0) is 10.3 Å². The fourth-order valence-corrected chi connectivity index (χ4v) is 3.08. The lowest BCUT2D eigenvalue weighted by Crippen LogP contribution is -2.24. The smallest absolute Gasteiger partial charge is 0.263 e. The Morgan fingerprint density at radius 2 is 2.12 bits per heavy atom. The number of rotatable bonds is 6. The summed E-state index contributed by atoms with van der Waals surface area (Å²) in [4.78, 5) is 19.5. The van der Waals surface area contributed by atoms with Gasteiger partial charge < -0.3 is 10.1 Å². The molecule has 1 saturated carbocycles. The molecule has 7 nitrogen and oxygen atoms in total. The van der Waals surface area contributed by atoms with Crippen molar-refractivity contribution < 1.29 is 4.74 Å². The Morgan fingerprint density at radius 1 is 1.38 bits per heavy atom. The second-order valence-electron chi connectivity index (χ2n) is 7.44. The zero-order chi connectivity index (χ0) is 17.2. The highest BCUT2D eigenvalue weighted by Crippen LogP contribution is 2.21. The molecule has 2 N–H and O–H groups in total. The first-order valence-electron chi connectivity index (χ1n) is 8.79. The fourth-order valence-electron chi connectivity index (χ4n) is 3.08. The molecule has 132 valence electrons. The molecule has 2 aromatic heterocycles. The molecule has 0 bridgehead atoms. The number of hydrogen-bond acceptors (Lipinski definition) is 5. The van der Waals surface area contributed by atoms with Crippen molar-refractivity contribution in [3.8, 4) is 0 Å². The van der Waals surface area contributed by atoms with E-state index in [0.717, 1.165) is 13.0 Å². The molecular formula is C17H27N5O2. The van der Waals surface area contributed by atoms with Crippen LogP contribution < -0.4 is 10.9 Å². The minimum atomic E-state index is -0.227. The molecule has 24 heavy (non-hydrogen) atoms. The van der Waals surface area contributed by atoms with Crippen molar-refractivity contribution in [2.75, 3.05) is 18.5 Å². The Labute approximate surface area is 141 Å². The Morgan fingerprint density at radius 3 is 2.83 bits per heavy atom. The summed E-state index contributed by atoms with van der Waals surface area (Å²) < 4.78 is 7.62. The summed E-state index contributed by atoms with van der Waals surface area (Å²) in [6, 6.07) is 0. The number of aromatic nitrogens is 4. The van der Waals surface area contributed by atoms with Crippen molar-refractivity contribution in [1.82, 2.24) is 19.7 Å². The highest BCUT2D eigenvalue weighted by molar-refractivity contribution is 5.74. The number of hydrogen-bond donors (Lipinski definition) is 2. The largest absolute Gasteiger partial charge is 0.378 e. The lowest BCUT2D eigenvalue weighted by Gasteiger charge is -2.19. The summed E-state index contributed by atoms with van der Waals surface area (Å²) in [5.41, 5.74) is 0.214. The first-order chi connectivity index (χ1) is 11.4. The average molecular weight is 333 g/mol. The Kier molecular flexibility index (Phi) is 4.89. The molecule has 7 heteroatoms. The van der Waals surface area contributed by atoms with E-state index in [0.29, 0.717) is 29.6 Å². The molecule has 1 aliphatic rings. The van der Waals surface area contributed by atoms with Gasteiger partial charge in [0.25, 0.3) is 5.56 Å². The second-order valence-corrected chi connectivity index (χ2v) is 7.44. The van der Waals surface area contributed by atoms with E-state index in [-0.39, 0.29) is 11.1 Å². The summed E-state index contributed by atoms with van der Waals surface area (Å²) in [6.45, 7) is 7.57. The van der Waals surface area contributed by atoms with Crippen molar-refractivity contribution >= 4 is 17.0 Å². The Balaban J connectivity index is 1.61. The van der Waals surface area contributed by atoms with Crippen LogP contribution >= 0.6 is 0 Å². The second kappa shape index (κ2) is 6.93. The minimum absolute atomic E-state index is 0.166. The van der Waals surface area contributed by atoms with Crippen molar-refractivity contribution in [2.24, 2.45) is 0 Å². The third-order valence-electron chi connectivity index (χ3n) is 4.34. The third kappa shape index (κ3) is 3.77. The lowest BCUT2D eigenvalue weighted by atomic mass is 10.1. The maximum absolute atomic E-state index is 12.2. The molecule has 0 unspecified atom stereocenters. The van der Waals surface area contributed by atoms with Gasteiger partial charge in [-0.3, -0.25) is 9.78 Å². The van der Waals surface area contributed by atoms with E-state index in [9.17, 15) is 4.79 Å². The maximum Gasteiger partial charge on any atom is 0.263 e. The summed E-state index contributed by atoms with van der Waals surface area (Å²) in [5.74, 6) is 0.486. The van der Waals surface area contributed by atoms with Crippen LogP contribution in [0.4, 0.5) is 5.95 Å². The van der Waals surface area contributed by atoms with Crippen molar-refractivity contribution in [3.05, 3.63) is 16.6 Å². The van der Waals surface area contributed by atoms with Crippen molar-refractivity contribution in [2.45, 2.75) is 64.5 Å². The minimum Gasteiger partial charge on any atom is -0.378 e. The Hall–Kier alpha value is -1.89. The van der Waals surface area contributed by atoms with Gasteiger partial charge in [0.2, 0.25) is 5.95 Å². The maximum atomic E-state index is 12.2. The number of ether oxygens (including phenoxy) is 1. The number of fused-ring (bicyclic) bond motifs is 1. The summed E-state index contributed by atoms with van der Waals surface area (Å²) in [7, 11) is 0. The van der Waals surface area contributed by atoms with Gasteiger partial charge in [-0.15, -0.1) is 0 Å². The number of anilines is 1. The van der Waals surface area contributed by atoms with E-state index in [1.165, 1.54) is 25.7 Å². The van der Waals surface area contributed by atoms with E-state index in [4.69, 9.17) is 4.74 Å². The van der Waals surface area contributed by atoms with Gasteiger partial charge in [0, 0.05) is 13.2 Å². The molecule has 0 aliphatic heterocycles. The highest BCUT2D eigenvalue weighted by Gasteiger charge is 2.20. The summed E-state index contributed by atoms with van der Waals surface area (Å²) in [6.07, 6.45) is 7.86. The van der Waals surface area contributed by atoms with Crippen LogP contribution in [0.3, 0.4) is 0 Å². The number of aromatic amines is 1. The quantitative estimate of drug-likeness (QED) is 0.794. The monoisotopic (exact) mass is 333 g/mol. The highest BCUT2D eigenvalue weighted by atomic mass is 16.5. The van der Waals surface area contributed by atoms with Gasteiger partial charge in [0.15, 0.2) is 5.65 Å². The van der Waals surface area contributed by atoms with E-state index in [1.54, 1.807) is 10.9 Å². The normalized spacial score (nSPS) is 16.1. The van der Waals surface area contributed by atoms with Crippen LogP contribution in [0.25, 0.3) is 11.0 Å². The van der Waals surface area contributed by atoms with Crippen molar-refractivity contribution in [3.63, 3.8) is 0 Å². The fraction of sp³-hybridized carbons (Fsp3) is 0.706. The van der Waals surface area contributed by atoms with E-state index in [2.05, 4.69) is 20.4 Å². The molecule has 2 aromatic rings. The molecule has 0 amide bonds. The zero-order valence-electron chi connectivity index (χ0n) is 14.8. The van der Waals surface area contributed by atoms with Crippen LogP contribution in [0.2, 0.25) is 0 Å². The van der Waals surface area contributed by atoms with Gasteiger partial charge in [-0.2, -0.15) is 10.1 Å². The van der Waals surface area contributed by atoms with Gasteiger partial charge in [-0.05, 0) is 40.0 Å². The van der Waals surface area contributed by atoms with Gasteiger partial charge in [0.1, 0.15) is 5.39 Å². The van der Waals surface area contributed by atoms with E-state index < -0.39 is 0 Å². The van der Waals surface area contributed by atoms with Crippen LogP contribution in [0.15, 0.2) is 11.0 Å². The Bertz CT molecular complexity index is 737. The predicted molar refractivity (Wildman–Crippen MR) is 94.5 cm³/mol. The average Bonchev–Trinajstić information content (AvgIpc) is 3.15. The van der Waals surface area contributed by atoms with Gasteiger partial charge in [-0.1, -0.05) is 12.8 Å². The van der Waals surface area contributed by atoms with Gasteiger partial charge in [-0.25, -0.2) is 4.68 Å². The molecule has 0 spiro atoms.